The highest BCUT2D eigenvalue weighted by atomic mass is 16.7. The van der Waals surface area contributed by atoms with Gasteiger partial charge < -0.3 is 24.1 Å². The molecule has 0 aromatic rings. The van der Waals surface area contributed by atoms with E-state index in [2.05, 4.69) is 6.92 Å². The molecular weight excluding hydrogens is 480 g/mol. The van der Waals surface area contributed by atoms with Crippen molar-refractivity contribution in [2.24, 2.45) is 28.6 Å². The molecule has 4 aliphatic carbocycles. The van der Waals surface area contributed by atoms with Gasteiger partial charge in [0.25, 0.3) is 0 Å². The van der Waals surface area contributed by atoms with Crippen molar-refractivity contribution >= 4 is 23.9 Å². The second kappa shape index (κ2) is 10.2. The molecule has 0 spiro atoms. The van der Waals surface area contributed by atoms with Crippen LogP contribution in [0.2, 0.25) is 0 Å². The number of ketones is 2. The predicted molar refractivity (Wildman–Crippen MR) is 131 cm³/mol. The normalized spacial score (nSPS) is 38.0. The lowest BCUT2D eigenvalue weighted by Gasteiger charge is -2.59. The minimum atomic E-state index is -1.61. The van der Waals surface area contributed by atoms with Gasteiger partial charge in [0.15, 0.2) is 18.0 Å². The molecule has 9 heteroatoms. The van der Waals surface area contributed by atoms with Gasteiger partial charge in [-0.15, -0.1) is 0 Å². The molecule has 37 heavy (non-hydrogen) atoms. The fourth-order valence-electron chi connectivity index (χ4n) is 7.75. The Kier molecular flexibility index (Phi) is 7.57. The highest BCUT2D eigenvalue weighted by molar-refractivity contribution is 6.01. The standard InChI is InChI=1S/C28H38O9/c1-5-13-35-24(32)36-16-22(31)28(37-25(33)34-6-2)12-10-20-19-8-7-17-14-18(29)9-11-26(17,3)23(19)21(30)15-27(20,28)4/h9,11,14,19-21,23,30H,5-8,10,12-13,15-16H2,1-4H3/t19-,20-,21?,23+,26-,27-,28-/m0/s1. The van der Waals surface area contributed by atoms with Crippen molar-refractivity contribution in [3.05, 3.63) is 23.8 Å². The van der Waals surface area contributed by atoms with E-state index >= 15 is 0 Å². The smallest absolute Gasteiger partial charge is 0.435 e. The molecule has 4 rings (SSSR count). The number of Topliss-reactive ketones (excluding diaryl/α,β-unsaturated/α-hetero) is 1. The molecule has 0 aromatic heterocycles. The van der Waals surface area contributed by atoms with Crippen molar-refractivity contribution in [2.45, 2.75) is 77.9 Å². The first-order chi connectivity index (χ1) is 17.5. The van der Waals surface area contributed by atoms with Gasteiger partial charge in [0.1, 0.15) is 0 Å². The number of aliphatic hydroxyl groups excluding tert-OH is 1. The Morgan fingerprint density at radius 1 is 1.08 bits per heavy atom. The summed E-state index contributed by atoms with van der Waals surface area (Å²) in [6, 6.07) is 0. The summed E-state index contributed by atoms with van der Waals surface area (Å²) in [5.41, 5.74) is -1.94. The first-order valence-corrected chi connectivity index (χ1v) is 13.3. The fourth-order valence-corrected chi connectivity index (χ4v) is 7.75. The van der Waals surface area contributed by atoms with Crippen LogP contribution in [0.1, 0.15) is 66.2 Å². The summed E-state index contributed by atoms with van der Waals surface area (Å²) in [5.74, 6) is -0.702. The highest BCUT2D eigenvalue weighted by Crippen LogP contribution is 2.67. The van der Waals surface area contributed by atoms with Crippen molar-refractivity contribution in [1.29, 1.82) is 0 Å². The summed E-state index contributed by atoms with van der Waals surface area (Å²) < 4.78 is 20.9. The number of allylic oxidation sites excluding steroid dienone is 4. The molecule has 0 heterocycles. The monoisotopic (exact) mass is 518 g/mol. The van der Waals surface area contributed by atoms with Crippen LogP contribution in [0.25, 0.3) is 0 Å². The number of carbonyl (C=O) groups excluding carboxylic acids is 4. The van der Waals surface area contributed by atoms with E-state index in [1.807, 2.05) is 19.9 Å². The van der Waals surface area contributed by atoms with Crippen LogP contribution in [0.3, 0.4) is 0 Å². The summed E-state index contributed by atoms with van der Waals surface area (Å²) in [4.78, 5) is 50.3. The van der Waals surface area contributed by atoms with Gasteiger partial charge >= 0.3 is 12.3 Å². The quantitative estimate of drug-likeness (QED) is 0.491. The molecule has 0 amide bonds. The molecule has 0 bridgehead atoms. The van der Waals surface area contributed by atoms with Gasteiger partial charge in [-0.25, -0.2) is 9.59 Å². The van der Waals surface area contributed by atoms with Gasteiger partial charge in [-0.3, -0.25) is 9.59 Å². The lowest BCUT2D eigenvalue weighted by molar-refractivity contribution is -0.184. The lowest BCUT2D eigenvalue weighted by Crippen LogP contribution is -2.63. The predicted octanol–water partition coefficient (Wildman–Crippen LogP) is 4.31. The molecule has 3 fully saturated rings. The first kappa shape index (κ1) is 27.4. The van der Waals surface area contributed by atoms with E-state index in [1.54, 1.807) is 19.1 Å². The van der Waals surface area contributed by atoms with E-state index < -0.39 is 47.2 Å². The van der Waals surface area contributed by atoms with Crippen LogP contribution in [-0.2, 0) is 28.5 Å². The number of hydrogen-bond donors (Lipinski definition) is 1. The minimum Gasteiger partial charge on any atom is -0.435 e. The van der Waals surface area contributed by atoms with E-state index in [0.717, 1.165) is 18.4 Å². The van der Waals surface area contributed by atoms with Gasteiger partial charge in [-0.1, -0.05) is 32.4 Å². The summed E-state index contributed by atoms with van der Waals surface area (Å²) in [7, 11) is 0. The van der Waals surface area contributed by atoms with E-state index in [0.29, 0.717) is 12.8 Å². The van der Waals surface area contributed by atoms with Crippen LogP contribution in [0, 0.1) is 28.6 Å². The molecule has 3 saturated carbocycles. The van der Waals surface area contributed by atoms with E-state index in [1.165, 1.54) is 0 Å². The molecule has 7 atom stereocenters. The summed E-state index contributed by atoms with van der Waals surface area (Å²) in [6.45, 7) is 7.09. The van der Waals surface area contributed by atoms with Crippen molar-refractivity contribution in [3.8, 4) is 0 Å². The van der Waals surface area contributed by atoms with E-state index in [-0.39, 0.29) is 49.6 Å². The second-order valence-corrected chi connectivity index (χ2v) is 11.2. The Morgan fingerprint density at radius 3 is 2.54 bits per heavy atom. The van der Waals surface area contributed by atoms with E-state index in [4.69, 9.17) is 18.9 Å². The molecule has 1 N–H and O–H groups in total. The van der Waals surface area contributed by atoms with Crippen LogP contribution >= 0.6 is 0 Å². The molecule has 1 unspecified atom stereocenters. The van der Waals surface area contributed by atoms with Crippen molar-refractivity contribution < 1.29 is 43.2 Å². The van der Waals surface area contributed by atoms with Gasteiger partial charge in [0.2, 0.25) is 5.78 Å². The molecule has 204 valence electrons. The van der Waals surface area contributed by atoms with Crippen LogP contribution in [0.4, 0.5) is 9.59 Å². The molecule has 0 radical (unpaired) electrons. The third kappa shape index (κ3) is 4.49. The molecular formula is C28H38O9. The van der Waals surface area contributed by atoms with Crippen LogP contribution < -0.4 is 0 Å². The summed E-state index contributed by atoms with van der Waals surface area (Å²) >= 11 is 0. The molecule has 0 aliphatic heterocycles. The Hall–Kier alpha value is -2.68. The van der Waals surface area contributed by atoms with Crippen molar-refractivity contribution in [3.63, 3.8) is 0 Å². The van der Waals surface area contributed by atoms with E-state index in [9.17, 15) is 24.3 Å². The number of ether oxygens (including phenoxy) is 4. The lowest BCUT2D eigenvalue weighted by atomic mass is 9.46. The topological polar surface area (TPSA) is 125 Å². The zero-order valence-electron chi connectivity index (χ0n) is 22.1. The SMILES string of the molecule is CCCOC(=O)OCC(=O)[C@@]1(OC(=O)OCC)CC[C@H]2[C@@H]3CCC4=CC(=O)C=C[C@]4(C)[C@H]3C(O)C[C@@]21C. The number of carbonyl (C=O) groups is 4. The number of aliphatic hydroxyl groups is 1. The zero-order chi connectivity index (χ0) is 27.0. The number of rotatable bonds is 7. The van der Waals surface area contributed by atoms with Crippen molar-refractivity contribution in [2.75, 3.05) is 19.8 Å². The molecule has 0 aromatic carbocycles. The summed E-state index contributed by atoms with van der Waals surface area (Å²) in [5, 5.41) is 11.6. The van der Waals surface area contributed by atoms with Crippen LogP contribution in [0.15, 0.2) is 23.8 Å². The third-order valence-electron chi connectivity index (χ3n) is 9.33. The maximum atomic E-state index is 13.7. The Bertz CT molecular complexity index is 1020. The number of fused-ring (bicyclic) bond motifs is 5. The largest absolute Gasteiger partial charge is 0.509 e. The zero-order valence-corrected chi connectivity index (χ0v) is 22.1. The first-order valence-electron chi connectivity index (χ1n) is 13.3. The Balaban J connectivity index is 1.66. The van der Waals surface area contributed by atoms with Crippen LogP contribution in [0.5, 0.6) is 0 Å². The van der Waals surface area contributed by atoms with Gasteiger partial charge in [-0.2, -0.15) is 0 Å². The average molecular weight is 519 g/mol. The molecule has 0 saturated heterocycles. The number of hydrogen-bond acceptors (Lipinski definition) is 9. The van der Waals surface area contributed by atoms with Gasteiger partial charge in [-0.05, 0) is 69.4 Å². The average Bonchev–Trinajstić information content (AvgIpc) is 3.13. The maximum Gasteiger partial charge on any atom is 0.509 e. The fraction of sp³-hybridized carbons (Fsp3) is 0.714. The highest BCUT2D eigenvalue weighted by Gasteiger charge is 2.70. The Morgan fingerprint density at radius 2 is 1.84 bits per heavy atom. The minimum absolute atomic E-state index is 0.0317. The third-order valence-corrected chi connectivity index (χ3v) is 9.33. The summed E-state index contributed by atoms with van der Waals surface area (Å²) in [6.07, 6.45) is 5.62. The van der Waals surface area contributed by atoms with Crippen molar-refractivity contribution in [1.82, 2.24) is 0 Å². The van der Waals surface area contributed by atoms with Crippen LogP contribution in [-0.4, -0.2) is 60.5 Å². The van der Waals surface area contributed by atoms with Gasteiger partial charge in [0.05, 0.1) is 19.3 Å². The van der Waals surface area contributed by atoms with Gasteiger partial charge in [0, 0.05) is 16.7 Å². The second-order valence-electron chi connectivity index (χ2n) is 11.2. The molecule has 4 aliphatic rings. The maximum absolute atomic E-state index is 13.7. The molecule has 9 nitrogen and oxygen atoms in total. The Labute approximate surface area is 217 Å².